The number of carbonyl (C=O) groups is 2. The molecule has 0 heterocycles. The quantitative estimate of drug-likeness (QED) is 0.609. The number of hydrogen-bond acceptors (Lipinski definition) is 2. The van der Waals surface area contributed by atoms with Crippen LogP contribution in [0.5, 0.6) is 0 Å². The molecule has 0 radical (unpaired) electrons. The molecule has 1 aromatic rings. The average Bonchev–Trinajstić information content (AvgIpc) is 2.30. The summed E-state index contributed by atoms with van der Waals surface area (Å²) in [6.45, 7) is 1.84. The molecule has 1 rings (SSSR count). The number of carboxylic acid groups (broad SMARTS) is 1. The van der Waals surface area contributed by atoms with Gasteiger partial charge in [0, 0.05) is 0 Å². The minimum absolute atomic E-state index is 0.422. The number of carboxylic acids is 1. The number of ketones is 1. The van der Waals surface area contributed by atoms with Crippen LogP contribution >= 0.6 is 0 Å². The maximum Gasteiger partial charge on any atom is 0.372 e. The molecule has 0 fully saturated rings. The van der Waals surface area contributed by atoms with Crippen LogP contribution in [-0.4, -0.2) is 16.9 Å². The third kappa shape index (κ3) is 3.05. The van der Waals surface area contributed by atoms with Gasteiger partial charge in [-0.05, 0) is 18.9 Å². The first kappa shape index (κ1) is 12.2. The highest BCUT2D eigenvalue weighted by molar-refractivity contribution is 6.35. The molecular weight excluding hydrogens is 204 g/mol. The van der Waals surface area contributed by atoms with Crippen molar-refractivity contribution in [3.8, 4) is 0 Å². The van der Waals surface area contributed by atoms with E-state index in [9.17, 15) is 9.59 Å². The molecule has 0 saturated heterocycles. The Morgan fingerprint density at radius 2 is 1.94 bits per heavy atom. The van der Waals surface area contributed by atoms with Crippen LogP contribution in [0.1, 0.15) is 24.8 Å². The Morgan fingerprint density at radius 3 is 2.44 bits per heavy atom. The van der Waals surface area contributed by atoms with E-state index in [1.165, 1.54) is 0 Å². The molecule has 0 bridgehead atoms. The monoisotopic (exact) mass is 218 g/mol. The van der Waals surface area contributed by atoms with Gasteiger partial charge in [0.05, 0.1) is 5.92 Å². The van der Waals surface area contributed by atoms with Gasteiger partial charge >= 0.3 is 5.97 Å². The Bertz CT molecular complexity index is 393. The topological polar surface area (TPSA) is 54.4 Å². The van der Waals surface area contributed by atoms with Crippen LogP contribution in [0.25, 0.3) is 0 Å². The highest BCUT2D eigenvalue weighted by atomic mass is 16.4. The lowest BCUT2D eigenvalue weighted by Crippen LogP contribution is -2.21. The zero-order valence-corrected chi connectivity index (χ0v) is 9.09. The lowest BCUT2D eigenvalue weighted by Gasteiger charge is -2.11. The Kier molecular flexibility index (Phi) is 4.45. The van der Waals surface area contributed by atoms with E-state index < -0.39 is 17.7 Å². The van der Waals surface area contributed by atoms with E-state index in [4.69, 9.17) is 5.11 Å². The maximum absolute atomic E-state index is 11.5. The van der Waals surface area contributed by atoms with Crippen LogP contribution in [0.15, 0.2) is 42.5 Å². The molecule has 0 spiro atoms. The molecule has 1 atom stereocenters. The molecule has 1 aromatic carbocycles. The van der Waals surface area contributed by atoms with Crippen LogP contribution in [0, 0.1) is 0 Å². The molecule has 1 unspecified atom stereocenters. The molecule has 84 valence electrons. The fourth-order valence-electron chi connectivity index (χ4n) is 1.50. The van der Waals surface area contributed by atoms with E-state index in [0.717, 1.165) is 5.56 Å². The van der Waals surface area contributed by atoms with E-state index >= 15 is 0 Å². The van der Waals surface area contributed by atoms with Crippen LogP contribution in [0.4, 0.5) is 0 Å². The first-order chi connectivity index (χ1) is 7.66. The van der Waals surface area contributed by atoms with Crippen molar-refractivity contribution in [3.05, 3.63) is 48.0 Å². The van der Waals surface area contributed by atoms with Gasteiger partial charge in [0.15, 0.2) is 0 Å². The van der Waals surface area contributed by atoms with Crippen molar-refractivity contribution in [2.45, 2.75) is 19.3 Å². The van der Waals surface area contributed by atoms with Crippen molar-refractivity contribution in [3.63, 3.8) is 0 Å². The van der Waals surface area contributed by atoms with Crippen molar-refractivity contribution in [2.24, 2.45) is 0 Å². The fourth-order valence-corrected chi connectivity index (χ4v) is 1.50. The Labute approximate surface area is 94.4 Å². The molecule has 0 aliphatic heterocycles. The van der Waals surface area contributed by atoms with Crippen LogP contribution in [-0.2, 0) is 9.59 Å². The lowest BCUT2D eigenvalue weighted by molar-refractivity contribution is -0.149. The van der Waals surface area contributed by atoms with Crippen molar-refractivity contribution >= 4 is 11.8 Å². The van der Waals surface area contributed by atoms with E-state index in [1.807, 2.05) is 19.1 Å². The van der Waals surface area contributed by atoms with E-state index in [-0.39, 0.29) is 0 Å². The third-order valence-electron chi connectivity index (χ3n) is 2.34. The number of carbonyl (C=O) groups excluding carboxylic acids is 1. The summed E-state index contributed by atoms with van der Waals surface area (Å²) in [7, 11) is 0. The van der Waals surface area contributed by atoms with Crippen LogP contribution < -0.4 is 0 Å². The second-order valence-corrected chi connectivity index (χ2v) is 3.44. The SMILES string of the molecule is CC=CCC(C(=O)C(=O)O)c1ccccc1. The number of allylic oxidation sites excluding steroid dienone is 2. The van der Waals surface area contributed by atoms with Crippen LogP contribution in [0.2, 0.25) is 0 Å². The van der Waals surface area contributed by atoms with Crippen molar-refractivity contribution in [1.82, 2.24) is 0 Å². The first-order valence-electron chi connectivity index (χ1n) is 5.10. The molecule has 16 heavy (non-hydrogen) atoms. The molecule has 1 N–H and O–H groups in total. The number of hydrogen-bond donors (Lipinski definition) is 1. The third-order valence-corrected chi connectivity index (χ3v) is 2.34. The smallest absolute Gasteiger partial charge is 0.372 e. The molecule has 0 aliphatic carbocycles. The zero-order chi connectivity index (χ0) is 12.0. The van der Waals surface area contributed by atoms with Crippen molar-refractivity contribution in [2.75, 3.05) is 0 Å². The maximum atomic E-state index is 11.5. The zero-order valence-electron chi connectivity index (χ0n) is 9.09. The van der Waals surface area contributed by atoms with E-state index in [0.29, 0.717) is 6.42 Å². The molecule has 0 saturated carbocycles. The summed E-state index contributed by atoms with van der Waals surface area (Å²) in [6, 6.07) is 8.98. The molecular formula is C13H14O3. The van der Waals surface area contributed by atoms with Gasteiger partial charge in [0.2, 0.25) is 5.78 Å². The minimum atomic E-state index is -1.38. The summed E-state index contributed by atoms with van der Waals surface area (Å²) in [4.78, 5) is 22.2. The number of benzene rings is 1. The second kappa shape index (κ2) is 5.85. The van der Waals surface area contributed by atoms with Crippen LogP contribution in [0.3, 0.4) is 0 Å². The fraction of sp³-hybridized carbons (Fsp3) is 0.231. The minimum Gasteiger partial charge on any atom is -0.475 e. The average molecular weight is 218 g/mol. The summed E-state index contributed by atoms with van der Waals surface area (Å²) in [6.07, 6.45) is 4.04. The standard InChI is InChI=1S/C13H14O3/c1-2-3-9-11(12(14)13(15)16)10-7-5-4-6-8-10/h2-8,11H,9H2,1H3,(H,15,16). The molecule has 0 amide bonds. The normalized spacial score (nSPS) is 12.6. The molecule has 3 nitrogen and oxygen atoms in total. The number of Topliss-reactive ketones (excluding diaryl/α,β-unsaturated/α-hetero) is 1. The first-order valence-corrected chi connectivity index (χ1v) is 5.10. The predicted molar refractivity (Wildman–Crippen MR) is 61.3 cm³/mol. The largest absolute Gasteiger partial charge is 0.475 e. The Balaban J connectivity index is 2.96. The summed E-state index contributed by atoms with van der Waals surface area (Å²) in [5, 5.41) is 8.74. The van der Waals surface area contributed by atoms with Gasteiger partial charge in [0.1, 0.15) is 0 Å². The molecule has 3 heteroatoms. The highest BCUT2D eigenvalue weighted by Gasteiger charge is 2.24. The Morgan fingerprint density at radius 1 is 1.31 bits per heavy atom. The van der Waals surface area contributed by atoms with Gasteiger partial charge in [-0.25, -0.2) is 4.79 Å². The van der Waals surface area contributed by atoms with Gasteiger partial charge in [-0.3, -0.25) is 4.79 Å². The lowest BCUT2D eigenvalue weighted by atomic mass is 9.91. The predicted octanol–water partition coefficient (Wildman–Crippen LogP) is 2.39. The highest BCUT2D eigenvalue weighted by Crippen LogP contribution is 2.21. The van der Waals surface area contributed by atoms with Gasteiger partial charge in [-0.1, -0.05) is 42.5 Å². The second-order valence-electron chi connectivity index (χ2n) is 3.44. The Hall–Kier alpha value is -1.90. The van der Waals surface area contributed by atoms with Gasteiger partial charge in [-0.15, -0.1) is 0 Å². The molecule has 0 aromatic heterocycles. The number of aliphatic carboxylic acids is 1. The summed E-state index contributed by atoms with van der Waals surface area (Å²) in [5.74, 6) is -2.72. The van der Waals surface area contributed by atoms with Gasteiger partial charge < -0.3 is 5.11 Å². The van der Waals surface area contributed by atoms with Crippen molar-refractivity contribution < 1.29 is 14.7 Å². The molecule has 0 aliphatic rings. The number of rotatable bonds is 5. The van der Waals surface area contributed by atoms with E-state index in [2.05, 4.69) is 0 Å². The van der Waals surface area contributed by atoms with E-state index in [1.54, 1.807) is 30.3 Å². The summed E-state index contributed by atoms with van der Waals surface area (Å²) in [5.41, 5.74) is 0.744. The van der Waals surface area contributed by atoms with Crippen molar-refractivity contribution in [1.29, 1.82) is 0 Å². The summed E-state index contributed by atoms with van der Waals surface area (Å²) < 4.78 is 0. The van der Waals surface area contributed by atoms with Gasteiger partial charge in [-0.2, -0.15) is 0 Å². The summed E-state index contributed by atoms with van der Waals surface area (Å²) >= 11 is 0. The van der Waals surface area contributed by atoms with Gasteiger partial charge in [0.25, 0.3) is 0 Å².